The highest BCUT2D eigenvalue weighted by atomic mass is 32.1. The maximum atomic E-state index is 13.7. The summed E-state index contributed by atoms with van der Waals surface area (Å²) in [5.74, 6) is 1.94. The van der Waals surface area contributed by atoms with Crippen molar-refractivity contribution in [2.75, 3.05) is 19.9 Å². The minimum atomic E-state index is -0.0491. The summed E-state index contributed by atoms with van der Waals surface area (Å²) in [7, 11) is 0. The van der Waals surface area contributed by atoms with Gasteiger partial charge in [-0.25, -0.2) is 0 Å². The molecule has 3 aromatic rings. The summed E-state index contributed by atoms with van der Waals surface area (Å²) in [5, 5.41) is 2.02. The summed E-state index contributed by atoms with van der Waals surface area (Å²) in [6, 6.07) is 20.0. The molecule has 1 fully saturated rings. The standard InChI is InChI=1S/C29H32N2O4S/c1-20(2)15-31(29(33)25-14-24(25)22-7-4-3-5-8-22)18-28(32)30(17-23-9-6-12-36-23)16-21-10-11-26-27(13-21)35-19-34-26/h3-13,20,24-25H,14-19H2,1-2H3/t24-,25?/m0/s1. The van der Waals surface area contributed by atoms with Crippen LogP contribution in [0.3, 0.4) is 0 Å². The van der Waals surface area contributed by atoms with E-state index < -0.39 is 0 Å². The van der Waals surface area contributed by atoms with E-state index in [2.05, 4.69) is 26.0 Å². The fraction of sp³-hybridized carbons (Fsp3) is 0.379. The van der Waals surface area contributed by atoms with E-state index in [1.807, 2.05) is 58.8 Å². The smallest absolute Gasteiger partial charge is 0.242 e. The molecule has 7 heteroatoms. The number of carbonyl (C=O) groups excluding carboxylic acids is 2. The molecule has 1 aromatic heterocycles. The summed E-state index contributed by atoms with van der Waals surface area (Å²) >= 11 is 1.63. The Kier molecular flexibility index (Phi) is 7.28. The quantitative estimate of drug-likeness (QED) is 0.376. The molecule has 1 aliphatic heterocycles. The minimum absolute atomic E-state index is 0.0430. The van der Waals surface area contributed by atoms with E-state index in [0.717, 1.165) is 22.6 Å². The number of rotatable bonds is 10. The van der Waals surface area contributed by atoms with Crippen LogP contribution in [0.15, 0.2) is 66.0 Å². The highest BCUT2D eigenvalue weighted by Gasteiger charge is 2.46. The second-order valence-corrected chi connectivity index (χ2v) is 11.0. The number of ether oxygens (including phenoxy) is 2. The highest BCUT2D eigenvalue weighted by molar-refractivity contribution is 7.09. The summed E-state index contributed by atoms with van der Waals surface area (Å²) in [6.45, 7) is 5.99. The van der Waals surface area contributed by atoms with Gasteiger partial charge in [0.2, 0.25) is 18.6 Å². The first-order valence-electron chi connectivity index (χ1n) is 12.5. The molecule has 5 rings (SSSR count). The van der Waals surface area contributed by atoms with Crippen molar-refractivity contribution >= 4 is 23.2 Å². The van der Waals surface area contributed by atoms with Crippen LogP contribution in [-0.4, -0.2) is 41.5 Å². The van der Waals surface area contributed by atoms with Crippen LogP contribution in [0, 0.1) is 11.8 Å². The van der Waals surface area contributed by atoms with E-state index in [1.165, 1.54) is 5.56 Å². The van der Waals surface area contributed by atoms with Crippen molar-refractivity contribution in [3.05, 3.63) is 82.0 Å². The number of hydrogen-bond donors (Lipinski definition) is 0. The van der Waals surface area contributed by atoms with Crippen LogP contribution in [0.25, 0.3) is 0 Å². The summed E-state index contributed by atoms with van der Waals surface area (Å²) in [5.41, 5.74) is 2.17. The number of nitrogens with zero attached hydrogens (tertiary/aromatic N) is 2. The van der Waals surface area contributed by atoms with Gasteiger partial charge in [-0.2, -0.15) is 0 Å². The molecule has 188 valence electrons. The van der Waals surface area contributed by atoms with Gasteiger partial charge >= 0.3 is 0 Å². The summed E-state index contributed by atoms with van der Waals surface area (Å²) in [6.07, 6.45) is 0.849. The van der Waals surface area contributed by atoms with Crippen LogP contribution in [0.4, 0.5) is 0 Å². The fourth-order valence-electron chi connectivity index (χ4n) is 4.79. The zero-order valence-corrected chi connectivity index (χ0v) is 21.6. The van der Waals surface area contributed by atoms with Gasteiger partial charge in [0.1, 0.15) is 0 Å². The minimum Gasteiger partial charge on any atom is -0.454 e. The van der Waals surface area contributed by atoms with Gasteiger partial charge in [0.25, 0.3) is 0 Å². The van der Waals surface area contributed by atoms with Crippen LogP contribution < -0.4 is 9.47 Å². The van der Waals surface area contributed by atoms with E-state index >= 15 is 0 Å². The van der Waals surface area contributed by atoms with Gasteiger partial charge in [0.15, 0.2) is 11.5 Å². The van der Waals surface area contributed by atoms with Gasteiger partial charge in [-0.15, -0.1) is 11.3 Å². The monoisotopic (exact) mass is 504 g/mol. The van der Waals surface area contributed by atoms with Crippen molar-refractivity contribution in [1.29, 1.82) is 0 Å². The largest absolute Gasteiger partial charge is 0.454 e. The predicted molar refractivity (Wildman–Crippen MR) is 140 cm³/mol. The first kappa shape index (κ1) is 24.4. The molecule has 0 bridgehead atoms. The van der Waals surface area contributed by atoms with Crippen molar-refractivity contribution in [2.24, 2.45) is 11.8 Å². The number of benzene rings is 2. The molecule has 1 saturated carbocycles. The van der Waals surface area contributed by atoms with Gasteiger partial charge in [0.05, 0.1) is 13.1 Å². The summed E-state index contributed by atoms with van der Waals surface area (Å²) < 4.78 is 11.0. The molecule has 2 aliphatic rings. The Hall–Kier alpha value is -3.32. The second-order valence-electron chi connectivity index (χ2n) is 9.99. The molecule has 0 spiro atoms. The van der Waals surface area contributed by atoms with Gasteiger partial charge in [-0.1, -0.05) is 56.3 Å². The maximum Gasteiger partial charge on any atom is 0.242 e. The Morgan fingerprint density at radius 1 is 0.972 bits per heavy atom. The van der Waals surface area contributed by atoms with Crippen molar-refractivity contribution in [3.63, 3.8) is 0 Å². The number of fused-ring (bicyclic) bond motifs is 1. The first-order valence-corrected chi connectivity index (χ1v) is 13.4. The van der Waals surface area contributed by atoms with E-state index in [-0.39, 0.29) is 42.9 Å². The van der Waals surface area contributed by atoms with Gasteiger partial charge in [-0.05, 0) is 53.0 Å². The van der Waals surface area contributed by atoms with Crippen molar-refractivity contribution in [1.82, 2.24) is 9.80 Å². The average Bonchev–Trinajstić information content (AvgIpc) is 3.24. The third-order valence-electron chi connectivity index (χ3n) is 6.65. The molecule has 36 heavy (non-hydrogen) atoms. The van der Waals surface area contributed by atoms with Gasteiger partial charge in [0, 0.05) is 23.9 Å². The van der Waals surface area contributed by atoms with Crippen LogP contribution >= 0.6 is 11.3 Å². The molecule has 0 saturated heterocycles. The fourth-order valence-corrected chi connectivity index (χ4v) is 5.51. The third kappa shape index (κ3) is 5.73. The molecule has 2 heterocycles. The lowest BCUT2D eigenvalue weighted by Gasteiger charge is -2.29. The van der Waals surface area contributed by atoms with Crippen molar-refractivity contribution < 1.29 is 19.1 Å². The Labute approximate surface area is 216 Å². The van der Waals surface area contributed by atoms with Crippen LogP contribution in [0.1, 0.15) is 42.2 Å². The molecule has 6 nitrogen and oxygen atoms in total. The van der Waals surface area contributed by atoms with E-state index in [1.54, 1.807) is 16.2 Å². The number of hydrogen-bond acceptors (Lipinski definition) is 5. The molecule has 0 radical (unpaired) electrons. The van der Waals surface area contributed by atoms with E-state index in [0.29, 0.717) is 25.4 Å². The molecule has 1 unspecified atom stereocenters. The second kappa shape index (κ2) is 10.7. The van der Waals surface area contributed by atoms with E-state index in [4.69, 9.17) is 9.47 Å². The number of thiophene rings is 1. The maximum absolute atomic E-state index is 13.7. The molecule has 0 N–H and O–H groups in total. The van der Waals surface area contributed by atoms with Crippen molar-refractivity contribution in [2.45, 2.75) is 39.3 Å². The lowest BCUT2D eigenvalue weighted by molar-refractivity contribution is -0.142. The van der Waals surface area contributed by atoms with Crippen LogP contribution in [0.5, 0.6) is 11.5 Å². The highest BCUT2D eigenvalue weighted by Crippen LogP contribution is 2.48. The Morgan fingerprint density at radius 2 is 1.78 bits per heavy atom. The zero-order chi connectivity index (χ0) is 25.1. The van der Waals surface area contributed by atoms with Crippen LogP contribution in [0.2, 0.25) is 0 Å². The predicted octanol–water partition coefficient (Wildman–Crippen LogP) is 5.29. The van der Waals surface area contributed by atoms with Crippen LogP contribution in [-0.2, 0) is 22.7 Å². The lowest BCUT2D eigenvalue weighted by Crippen LogP contribution is -2.44. The molecule has 2 aromatic carbocycles. The Balaban J connectivity index is 1.31. The normalized spacial score (nSPS) is 17.8. The topological polar surface area (TPSA) is 59.1 Å². The molecule has 2 atom stereocenters. The van der Waals surface area contributed by atoms with Gasteiger partial charge in [-0.3, -0.25) is 9.59 Å². The first-order chi connectivity index (χ1) is 17.5. The SMILES string of the molecule is CC(C)CN(CC(=O)N(Cc1ccc2c(c1)OCO2)Cc1cccs1)C(=O)C1C[C@H]1c1ccccc1. The lowest BCUT2D eigenvalue weighted by atomic mass is 10.1. The van der Waals surface area contributed by atoms with E-state index in [9.17, 15) is 9.59 Å². The zero-order valence-electron chi connectivity index (χ0n) is 20.8. The number of carbonyl (C=O) groups is 2. The molecule has 2 amide bonds. The number of amides is 2. The average molecular weight is 505 g/mol. The Morgan fingerprint density at radius 3 is 2.53 bits per heavy atom. The molecular weight excluding hydrogens is 472 g/mol. The summed E-state index contributed by atoms with van der Waals surface area (Å²) in [4.78, 5) is 31.9. The Bertz CT molecular complexity index is 1200. The van der Waals surface area contributed by atoms with Gasteiger partial charge < -0.3 is 19.3 Å². The molecular formula is C29H32N2O4S. The molecule has 1 aliphatic carbocycles. The third-order valence-corrected chi connectivity index (χ3v) is 7.51. The van der Waals surface area contributed by atoms with Crippen molar-refractivity contribution in [3.8, 4) is 11.5 Å².